The quantitative estimate of drug-likeness (QED) is 0.852. The van der Waals surface area contributed by atoms with Crippen molar-refractivity contribution in [1.82, 2.24) is 4.98 Å². The summed E-state index contributed by atoms with van der Waals surface area (Å²) in [5, 5.41) is 1.20. The number of fused-ring (bicyclic) bond motifs is 1. The highest BCUT2D eigenvalue weighted by molar-refractivity contribution is 5.82. The minimum Gasteiger partial charge on any atom is -0.368 e. The van der Waals surface area contributed by atoms with Crippen molar-refractivity contribution in [1.29, 1.82) is 0 Å². The van der Waals surface area contributed by atoms with Crippen LogP contribution in [0.25, 0.3) is 10.9 Å². The molecule has 1 saturated heterocycles. The van der Waals surface area contributed by atoms with Gasteiger partial charge in [-0.1, -0.05) is 13.0 Å². The van der Waals surface area contributed by atoms with Crippen LogP contribution in [0.1, 0.15) is 20.3 Å². The zero-order valence-corrected chi connectivity index (χ0v) is 11.6. The van der Waals surface area contributed by atoms with E-state index in [-0.39, 0.29) is 0 Å². The smallest absolute Gasteiger partial charge is 0.0703 e. The number of nitrogens with two attached hydrogens (primary N) is 1. The van der Waals surface area contributed by atoms with Crippen molar-refractivity contribution in [2.75, 3.05) is 11.4 Å². The van der Waals surface area contributed by atoms with Gasteiger partial charge in [0.25, 0.3) is 0 Å². The van der Waals surface area contributed by atoms with Crippen molar-refractivity contribution >= 4 is 16.6 Å². The number of nitrogens with zero attached hydrogens (tertiary/aromatic N) is 2. The number of anilines is 1. The lowest BCUT2D eigenvalue weighted by atomic mass is 9.87. The van der Waals surface area contributed by atoms with E-state index >= 15 is 0 Å². The predicted molar refractivity (Wildman–Crippen MR) is 80.3 cm³/mol. The summed E-state index contributed by atoms with van der Waals surface area (Å²) in [6, 6.07) is 11.4. The molecule has 0 radical (unpaired) electrons. The van der Waals surface area contributed by atoms with Crippen molar-refractivity contribution in [3.8, 4) is 0 Å². The fourth-order valence-corrected chi connectivity index (χ4v) is 3.00. The van der Waals surface area contributed by atoms with Crippen molar-refractivity contribution in [2.24, 2.45) is 11.7 Å². The summed E-state index contributed by atoms with van der Waals surface area (Å²) in [6.45, 7) is 5.57. The van der Waals surface area contributed by atoms with Crippen LogP contribution in [0.3, 0.4) is 0 Å². The Bertz CT molecular complexity index is 581. The van der Waals surface area contributed by atoms with Gasteiger partial charge in [0, 0.05) is 35.9 Å². The summed E-state index contributed by atoms with van der Waals surface area (Å²) >= 11 is 0. The minimum absolute atomic E-state index is 0.327. The van der Waals surface area contributed by atoms with Gasteiger partial charge in [-0.25, -0.2) is 0 Å². The number of benzene rings is 1. The summed E-state index contributed by atoms with van der Waals surface area (Å²) in [7, 11) is 0. The molecule has 2 heterocycles. The number of piperidine rings is 1. The molecule has 100 valence electrons. The van der Waals surface area contributed by atoms with Gasteiger partial charge in [-0.15, -0.1) is 0 Å². The van der Waals surface area contributed by atoms with Crippen LogP contribution in [0.4, 0.5) is 5.69 Å². The monoisotopic (exact) mass is 255 g/mol. The molecule has 0 bridgehead atoms. The third-order valence-corrected chi connectivity index (χ3v) is 4.55. The third-order valence-electron chi connectivity index (χ3n) is 4.55. The highest BCUT2D eigenvalue weighted by Crippen LogP contribution is 2.29. The van der Waals surface area contributed by atoms with Crippen LogP contribution < -0.4 is 10.6 Å². The van der Waals surface area contributed by atoms with Gasteiger partial charge in [0.2, 0.25) is 0 Å². The molecule has 0 saturated carbocycles. The Labute approximate surface area is 114 Å². The van der Waals surface area contributed by atoms with Crippen LogP contribution in [0, 0.1) is 5.92 Å². The van der Waals surface area contributed by atoms with Gasteiger partial charge in [0.05, 0.1) is 5.52 Å². The average molecular weight is 255 g/mol. The lowest BCUT2D eigenvalue weighted by Gasteiger charge is -2.42. The third kappa shape index (κ3) is 2.19. The van der Waals surface area contributed by atoms with Crippen molar-refractivity contribution in [2.45, 2.75) is 32.4 Å². The number of hydrogen-bond donors (Lipinski definition) is 1. The van der Waals surface area contributed by atoms with Crippen LogP contribution in [0.5, 0.6) is 0 Å². The van der Waals surface area contributed by atoms with Gasteiger partial charge in [0.1, 0.15) is 0 Å². The van der Waals surface area contributed by atoms with Gasteiger partial charge in [-0.2, -0.15) is 0 Å². The van der Waals surface area contributed by atoms with Crippen LogP contribution in [-0.4, -0.2) is 23.6 Å². The van der Waals surface area contributed by atoms with Crippen molar-refractivity contribution in [3.05, 3.63) is 36.5 Å². The minimum atomic E-state index is 0.327. The molecule has 3 atom stereocenters. The first kappa shape index (κ1) is 12.4. The molecule has 1 aromatic carbocycles. The molecule has 1 aliphatic rings. The van der Waals surface area contributed by atoms with E-state index in [1.54, 1.807) is 0 Å². The fraction of sp³-hybridized carbons (Fsp3) is 0.438. The second kappa shape index (κ2) is 4.82. The van der Waals surface area contributed by atoms with Gasteiger partial charge in [-0.05, 0) is 43.5 Å². The maximum Gasteiger partial charge on any atom is 0.0703 e. The summed E-state index contributed by atoms with van der Waals surface area (Å²) in [5.74, 6) is 0.526. The standard InChI is InChI=1S/C16H21N3/c1-11-12(2)19(9-7-15(11)17)14-5-6-16-13(10-14)4-3-8-18-16/h3-6,8,10-12,15H,7,9,17H2,1-2H3. The van der Waals surface area contributed by atoms with Gasteiger partial charge >= 0.3 is 0 Å². The lowest BCUT2D eigenvalue weighted by Crippen LogP contribution is -2.51. The zero-order chi connectivity index (χ0) is 13.4. The van der Waals surface area contributed by atoms with Crippen LogP contribution >= 0.6 is 0 Å². The summed E-state index contributed by atoms with van der Waals surface area (Å²) in [5.41, 5.74) is 8.50. The molecule has 2 N–H and O–H groups in total. The molecule has 3 unspecified atom stereocenters. The molecular weight excluding hydrogens is 234 g/mol. The first-order valence-corrected chi connectivity index (χ1v) is 7.04. The molecule has 0 spiro atoms. The fourth-order valence-electron chi connectivity index (χ4n) is 3.00. The molecule has 3 heteroatoms. The second-order valence-electron chi connectivity index (χ2n) is 5.63. The van der Waals surface area contributed by atoms with E-state index in [2.05, 4.69) is 48.0 Å². The molecule has 1 aliphatic heterocycles. The Morgan fingerprint density at radius 3 is 2.95 bits per heavy atom. The largest absolute Gasteiger partial charge is 0.368 e. The molecule has 19 heavy (non-hydrogen) atoms. The van der Waals surface area contributed by atoms with Gasteiger partial charge in [0.15, 0.2) is 0 Å². The summed E-state index contributed by atoms with van der Waals surface area (Å²) < 4.78 is 0. The van der Waals surface area contributed by atoms with Crippen LogP contribution in [0.2, 0.25) is 0 Å². The lowest BCUT2D eigenvalue weighted by molar-refractivity contribution is 0.316. The van der Waals surface area contributed by atoms with Crippen LogP contribution in [-0.2, 0) is 0 Å². The van der Waals surface area contributed by atoms with Crippen LogP contribution in [0.15, 0.2) is 36.5 Å². The SMILES string of the molecule is CC1C(N)CCN(c2ccc3ncccc3c2)C1C. The Morgan fingerprint density at radius 1 is 1.26 bits per heavy atom. The topological polar surface area (TPSA) is 42.1 Å². The molecular formula is C16H21N3. The average Bonchev–Trinajstić information content (AvgIpc) is 2.44. The number of pyridine rings is 1. The number of hydrogen-bond acceptors (Lipinski definition) is 3. The molecule has 1 fully saturated rings. The van der Waals surface area contributed by atoms with E-state index < -0.39 is 0 Å². The zero-order valence-electron chi connectivity index (χ0n) is 11.6. The van der Waals surface area contributed by atoms with Crippen molar-refractivity contribution in [3.63, 3.8) is 0 Å². The van der Waals surface area contributed by atoms with E-state index in [1.165, 1.54) is 11.1 Å². The van der Waals surface area contributed by atoms with E-state index in [0.717, 1.165) is 18.5 Å². The Kier molecular flexibility index (Phi) is 3.15. The first-order chi connectivity index (χ1) is 9.16. The Balaban J connectivity index is 1.95. The number of rotatable bonds is 1. The number of aromatic nitrogens is 1. The molecule has 0 amide bonds. The molecule has 2 aromatic rings. The Morgan fingerprint density at radius 2 is 2.11 bits per heavy atom. The highest BCUT2D eigenvalue weighted by atomic mass is 15.2. The normalized spacial score (nSPS) is 27.7. The molecule has 3 rings (SSSR count). The maximum absolute atomic E-state index is 6.16. The van der Waals surface area contributed by atoms with Gasteiger partial charge < -0.3 is 10.6 Å². The molecule has 1 aromatic heterocycles. The van der Waals surface area contributed by atoms with E-state index in [9.17, 15) is 0 Å². The summed E-state index contributed by atoms with van der Waals surface area (Å²) in [6.07, 6.45) is 2.91. The van der Waals surface area contributed by atoms with E-state index in [0.29, 0.717) is 18.0 Å². The second-order valence-corrected chi connectivity index (χ2v) is 5.63. The van der Waals surface area contributed by atoms with E-state index in [1.807, 2.05) is 12.3 Å². The van der Waals surface area contributed by atoms with Crippen molar-refractivity contribution < 1.29 is 0 Å². The molecule has 0 aliphatic carbocycles. The predicted octanol–water partition coefficient (Wildman–Crippen LogP) is 2.80. The summed E-state index contributed by atoms with van der Waals surface area (Å²) in [4.78, 5) is 6.85. The van der Waals surface area contributed by atoms with E-state index in [4.69, 9.17) is 5.73 Å². The highest BCUT2D eigenvalue weighted by Gasteiger charge is 2.30. The maximum atomic E-state index is 6.16. The molecule has 3 nitrogen and oxygen atoms in total. The first-order valence-electron chi connectivity index (χ1n) is 7.04. The van der Waals surface area contributed by atoms with Gasteiger partial charge in [-0.3, -0.25) is 4.98 Å². The Hall–Kier alpha value is -1.61.